The molecule has 0 fully saturated rings. The second-order valence-corrected chi connectivity index (χ2v) is 5.10. The van der Waals surface area contributed by atoms with Crippen LogP contribution in [0.4, 0.5) is 4.39 Å². The van der Waals surface area contributed by atoms with Crippen molar-refractivity contribution in [2.24, 2.45) is 5.92 Å². The van der Waals surface area contributed by atoms with Crippen LogP contribution in [-0.2, 0) is 0 Å². The van der Waals surface area contributed by atoms with E-state index < -0.39 is 0 Å². The molecule has 0 heterocycles. The van der Waals surface area contributed by atoms with E-state index in [1.165, 1.54) is 11.6 Å². The van der Waals surface area contributed by atoms with Gasteiger partial charge in [-0.1, -0.05) is 43.2 Å². The molecule has 17 heavy (non-hydrogen) atoms. The summed E-state index contributed by atoms with van der Waals surface area (Å²) in [5, 5.41) is 3.51. The molecule has 94 valence electrons. The van der Waals surface area contributed by atoms with Crippen molar-refractivity contribution in [1.29, 1.82) is 0 Å². The van der Waals surface area contributed by atoms with Crippen LogP contribution >= 0.6 is 11.6 Å². The Morgan fingerprint density at radius 2 is 2.18 bits per heavy atom. The molecule has 0 saturated heterocycles. The Balaban J connectivity index is 2.58. The van der Waals surface area contributed by atoms with Crippen LogP contribution in [0.15, 0.2) is 23.8 Å². The second-order valence-electron chi connectivity index (χ2n) is 4.69. The minimum Gasteiger partial charge on any atom is -0.313 e. The first kappa shape index (κ1) is 14.2. The lowest BCUT2D eigenvalue weighted by Gasteiger charge is -2.07. The molecule has 0 bridgehead atoms. The summed E-state index contributed by atoms with van der Waals surface area (Å²) in [5.41, 5.74) is 2.02. The summed E-state index contributed by atoms with van der Waals surface area (Å²) in [6.45, 7) is 8.17. The van der Waals surface area contributed by atoms with E-state index >= 15 is 0 Å². The van der Waals surface area contributed by atoms with Gasteiger partial charge in [0.05, 0.1) is 5.02 Å². The van der Waals surface area contributed by atoms with Gasteiger partial charge in [-0.05, 0) is 37.1 Å². The zero-order valence-corrected chi connectivity index (χ0v) is 11.3. The lowest BCUT2D eigenvalue weighted by atomic mass is 10.1. The highest BCUT2D eigenvalue weighted by Gasteiger charge is 2.00. The number of rotatable bonds is 5. The van der Waals surface area contributed by atoms with Crippen molar-refractivity contribution in [2.45, 2.75) is 20.8 Å². The highest BCUT2D eigenvalue weighted by Crippen LogP contribution is 2.17. The maximum atomic E-state index is 13.2. The molecule has 1 nitrogen and oxygen atoms in total. The van der Waals surface area contributed by atoms with Gasteiger partial charge in [0, 0.05) is 6.54 Å². The summed E-state index contributed by atoms with van der Waals surface area (Å²) in [7, 11) is 0. The predicted octanol–water partition coefficient (Wildman–Crippen LogP) is 4.13. The molecule has 0 aromatic heterocycles. The van der Waals surface area contributed by atoms with Gasteiger partial charge in [-0.3, -0.25) is 0 Å². The van der Waals surface area contributed by atoms with Crippen LogP contribution in [0.5, 0.6) is 0 Å². The topological polar surface area (TPSA) is 12.0 Å². The SMILES string of the molecule is CC(=Cc1ccc(Cl)c(F)c1)CNCC(C)C. The Hall–Kier alpha value is -0.860. The molecule has 0 radical (unpaired) electrons. The minimum atomic E-state index is -0.372. The zero-order chi connectivity index (χ0) is 12.8. The van der Waals surface area contributed by atoms with Gasteiger partial charge >= 0.3 is 0 Å². The third-order valence-electron chi connectivity index (χ3n) is 2.31. The van der Waals surface area contributed by atoms with Gasteiger partial charge in [-0.25, -0.2) is 4.39 Å². The third kappa shape index (κ3) is 5.33. The van der Waals surface area contributed by atoms with E-state index in [0.717, 1.165) is 18.7 Å². The fourth-order valence-corrected chi connectivity index (χ4v) is 1.61. The minimum absolute atomic E-state index is 0.165. The third-order valence-corrected chi connectivity index (χ3v) is 2.62. The molecule has 0 unspecified atom stereocenters. The molecule has 1 aromatic carbocycles. The number of hydrogen-bond donors (Lipinski definition) is 1. The van der Waals surface area contributed by atoms with E-state index in [1.54, 1.807) is 6.07 Å². The van der Waals surface area contributed by atoms with Gasteiger partial charge in [-0.15, -0.1) is 0 Å². The molecule has 1 N–H and O–H groups in total. The van der Waals surface area contributed by atoms with Gasteiger partial charge in [0.2, 0.25) is 0 Å². The highest BCUT2D eigenvalue weighted by molar-refractivity contribution is 6.30. The molecular weight excluding hydrogens is 237 g/mol. The summed E-state index contributed by atoms with van der Waals surface area (Å²) in [6.07, 6.45) is 1.97. The molecular formula is C14H19ClFN. The van der Waals surface area contributed by atoms with Crippen molar-refractivity contribution in [1.82, 2.24) is 5.32 Å². The smallest absolute Gasteiger partial charge is 0.142 e. The Morgan fingerprint density at radius 1 is 1.47 bits per heavy atom. The van der Waals surface area contributed by atoms with Crippen LogP contribution in [0, 0.1) is 11.7 Å². The average Bonchev–Trinajstić information content (AvgIpc) is 2.23. The highest BCUT2D eigenvalue weighted by atomic mass is 35.5. The van der Waals surface area contributed by atoms with Gasteiger partial charge < -0.3 is 5.32 Å². The molecule has 0 atom stereocenters. The van der Waals surface area contributed by atoms with Crippen LogP contribution in [0.1, 0.15) is 26.3 Å². The lowest BCUT2D eigenvalue weighted by Crippen LogP contribution is -2.21. The lowest BCUT2D eigenvalue weighted by molar-refractivity contribution is 0.572. The Morgan fingerprint density at radius 3 is 2.76 bits per heavy atom. The van der Waals surface area contributed by atoms with Gasteiger partial charge in [0.15, 0.2) is 0 Å². The van der Waals surface area contributed by atoms with Crippen molar-refractivity contribution in [3.8, 4) is 0 Å². The predicted molar refractivity (Wildman–Crippen MR) is 72.8 cm³/mol. The molecule has 0 aliphatic heterocycles. The largest absolute Gasteiger partial charge is 0.313 e. The summed E-state index contributed by atoms with van der Waals surface area (Å²) in [5.74, 6) is 0.263. The van der Waals surface area contributed by atoms with Crippen molar-refractivity contribution >= 4 is 17.7 Å². The first-order chi connectivity index (χ1) is 7.99. The standard InChI is InChI=1S/C14H19ClFN/c1-10(2)8-17-9-11(3)6-12-4-5-13(15)14(16)7-12/h4-7,10,17H,8-9H2,1-3H3. The van der Waals surface area contributed by atoms with E-state index in [0.29, 0.717) is 5.92 Å². The van der Waals surface area contributed by atoms with E-state index in [-0.39, 0.29) is 10.8 Å². The van der Waals surface area contributed by atoms with Gasteiger partial charge in [0.1, 0.15) is 5.82 Å². The fraction of sp³-hybridized carbons (Fsp3) is 0.429. The van der Waals surface area contributed by atoms with Gasteiger partial charge in [-0.2, -0.15) is 0 Å². The van der Waals surface area contributed by atoms with E-state index in [1.807, 2.05) is 19.1 Å². The van der Waals surface area contributed by atoms with E-state index in [2.05, 4.69) is 19.2 Å². The fourth-order valence-electron chi connectivity index (χ4n) is 1.50. The number of hydrogen-bond acceptors (Lipinski definition) is 1. The molecule has 0 aliphatic carbocycles. The van der Waals surface area contributed by atoms with Crippen molar-refractivity contribution < 1.29 is 4.39 Å². The molecule has 3 heteroatoms. The van der Waals surface area contributed by atoms with Crippen molar-refractivity contribution in [3.05, 3.63) is 40.2 Å². The monoisotopic (exact) mass is 255 g/mol. The Kier molecular flexibility index (Phi) is 5.66. The summed E-state index contributed by atoms with van der Waals surface area (Å²) in [6, 6.07) is 4.85. The Bertz CT molecular complexity index is 399. The van der Waals surface area contributed by atoms with Crippen molar-refractivity contribution in [2.75, 3.05) is 13.1 Å². The normalized spacial score (nSPS) is 12.2. The molecule has 0 aliphatic rings. The number of benzene rings is 1. The molecule has 0 spiro atoms. The van der Waals surface area contributed by atoms with Crippen molar-refractivity contribution in [3.63, 3.8) is 0 Å². The van der Waals surface area contributed by atoms with Crippen LogP contribution in [0.2, 0.25) is 5.02 Å². The Labute approximate surface area is 108 Å². The van der Waals surface area contributed by atoms with Crippen LogP contribution in [0.25, 0.3) is 6.08 Å². The summed E-state index contributed by atoms with van der Waals surface area (Å²) < 4.78 is 13.2. The van der Waals surface area contributed by atoms with Crippen LogP contribution in [-0.4, -0.2) is 13.1 Å². The number of nitrogens with one attached hydrogen (secondary N) is 1. The quantitative estimate of drug-likeness (QED) is 0.834. The van der Waals surface area contributed by atoms with Crippen LogP contribution in [0.3, 0.4) is 0 Å². The van der Waals surface area contributed by atoms with Crippen LogP contribution < -0.4 is 5.32 Å². The van der Waals surface area contributed by atoms with Gasteiger partial charge in [0.25, 0.3) is 0 Å². The maximum absolute atomic E-state index is 13.2. The zero-order valence-electron chi connectivity index (χ0n) is 10.6. The first-order valence-electron chi connectivity index (χ1n) is 5.82. The van der Waals surface area contributed by atoms with E-state index in [9.17, 15) is 4.39 Å². The molecule has 1 aromatic rings. The molecule has 0 amide bonds. The summed E-state index contributed by atoms with van der Waals surface area (Å²) >= 11 is 5.63. The first-order valence-corrected chi connectivity index (χ1v) is 6.19. The average molecular weight is 256 g/mol. The second kappa shape index (κ2) is 6.77. The molecule has 1 rings (SSSR count). The molecule has 0 saturated carbocycles. The summed E-state index contributed by atoms with van der Waals surface area (Å²) in [4.78, 5) is 0. The maximum Gasteiger partial charge on any atom is 0.142 e. The number of halogens is 2. The van der Waals surface area contributed by atoms with E-state index in [4.69, 9.17) is 11.6 Å².